The van der Waals surface area contributed by atoms with Gasteiger partial charge in [0.05, 0.1) is 18.1 Å². The van der Waals surface area contributed by atoms with Crippen molar-refractivity contribution in [3.05, 3.63) is 35.9 Å². The third kappa shape index (κ3) is 3.65. The summed E-state index contributed by atoms with van der Waals surface area (Å²) in [4.78, 5) is 11.3. The van der Waals surface area contributed by atoms with Gasteiger partial charge in [-0.15, -0.1) is 0 Å². The molecule has 1 atom stereocenters. The molecule has 1 aromatic rings. The topological polar surface area (TPSA) is 26.3 Å². The predicted molar refractivity (Wildman–Crippen MR) is 51.9 cm³/mol. The molecule has 0 aromatic heterocycles. The van der Waals surface area contributed by atoms with Crippen LogP contribution >= 0.6 is 0 Å². The van der Waals surface area contributed by atoms with E-state index in [-0.39, 0.29) is 6.61 Å². The third-order valence-corrected chi connectivity index (χ3v) is 1.92. The molecule has 0 bridgehead atoms. The van der Waals surface area contributed by atoms with Crippen molar-refractivity contribution in [2.45, 2.75) is 13.3 Å². The molecule has 82 valence electrons. The smallest absolute Gasteiger partial charge is 0.338 e. The van der Waals surface area contributed by atoms with Crippen LogP contribution in [0, 0.1) is 5.92 Å². The van der Waals surface area contributed by atoms with Crippen molar-refractivity contribution in [3.8, 4) is 0 Å². The van der Waals surface area contributed by atoms with Gasteiger partial charge in [0.2, 0.25) is 6.43 Å². The van der Waals surface area contributed by atoms with Crippen molar-refractivity contribution >= 4 is 5.97 Å². The Morgan fingerprint density at radius 2 is 1.93 bits per heavy atom. The quantitative estimate of drug-likeness (QED) is 0.720. The van der Waals surface area contributed by atoms with E-state index in [2.05, 4.69) is 0 Å². The largest absolute Gasteiger partial charge is 0.462 e. The summed E-state index contributed by atoms with van der Waals surface area (Å²) in [6.07, 6.45) is -2.46. The van der Waals surface area contributed by atoms with E-state index in [1.54, 1.807) is 30.3 Å². The minimum Gasteiger partial charge on any atom is -0.462 e. The summed E-state index contributed by atoms with van der Waals surface area (Å²) in [7, 11) is 0. The highest BCUT2D eigenvalue weighted by Gasteiger charge is 2.17. The molecule has 0 radical (unpaired) electrons. The van der Waals surface area contributed by atoms with Crippen LogP contribution < -0.4 is 0 Å². The van der Waals surface area contributed by atoms with Crippen LogP contribution in [-0.2, 0) is 4.74 Å². The monoisotopic (exact) mass is 214 g/mol. The first-order chi connectivity index (χ1) is 7.11. The number of hydrogen-bond donors (Lipinski definition) is 0. The number of carbonyl (C=O) groups is 1. The molecule has 0 amide bonds. The molecular formula is C11H12F2O2. The van der Waals surface area contributed by atoms with Gasteiger partial charge < -0.3 is 4.74 Å². The average molecular weight is 214 g/mol. The van der Waals surface area contributed by atoms with Crippen LogP contribution in [0.4, 0.5) is 8.78 Å². The molecule has 0 saturated heterocycles. The van der Waals surface area contributed by atoms with Gasteiger partial charge in [0.25, 0.3) is 0 Å². The number of halogens is 2. The molecule has 0 aliphatic heterocycles. The van der Waals surface area contributed by atoms with Crippen molar-refractivity contribution in [2.24, 2.45) is 5.92 Å². The van der Waals surface area contributed by atoms with Crippen LogP contribution in [0.2, 0.25) is 0 Å². The van der Waals surface area contributed by atoms with Gasteiger partial charge in [-0.2, -0.15) is 0 Å². The maximum atomic E-state index is 12.1. The molecule has 4 heteroatoms. The molecule has 2 nitrogen and oxygen atoms in total. The van der Waals surface area contributed by atoms with Crippen LogP contribution in [-0.4, -0.2) is 19.0 Å². The standard InChI is InChI=1S/C11H12F2O2/c1-8(10(12)13)7-15-11(14)9-5-3-2-4-6-9/h2-6,8,10H,7H2,1H3/t8-/m0/s1. The van der Waals surface area contributed by atoms with Gasteiger partial charge in [0.15, 0.2) is 0 Å². The molecule has 0 unspecified atom stereocenters. The van der Waals surface area contributed by atoms with E-state index >= 15 is 0 Å². The second-order valence-electron chi connectivity index (χ2n) is 3.28. The molecule has 15 heavy (non-hydrogen) atoms. The van der Waals surface area contributed by atoms with E-state index in [0.29, 0.717) is 5.56 Å². The van der Waals surface area contributed by atoms with Crippen molar-refractivity contribution in [1.29, 1.82) is 0 Å². The zero-order valence-corrected chi connectivity index (χ0v) is 8.32. The lowest BCUT2D eigenvalue weighted by molar-refractivity contribution is 0.0171. The Hall–Kier alpha value is -1.45. The second-order valence-corrected chi connectivity index (χ2v) is 3.28. The van der Waals surface area contributed by atoms with Crippen LogP contribution in [0.3, 0.4) is 0 Å². The van der Waals surface area contributed by atoms with Gasteiger partial charge in [-0.25, -0.2) is 13.6 Å². The molecular weight excluding hydrogens is 202 g/mol. The first kappa shape index (κ1) is 11.6. The lowest BCUT2D eigenvalue weighted by Gasteiger charge is -2.10. The van der Waals surface area contributed by atoms with E-state index in [0.717, 1.165) is 0 Å². The summed E-state index contributed by atoms with van der Waals surface area (Å²) in [5.41, 5.74) is 0.374. The lowest BCUT2D eigenvalue weighted by Crippen LogP contribution is -2.17. The fraction of sp³-hybridized carbons (Fsp3) is 0.364. The van der Waals surface area contributed by atoms with Gasteiger partial charge in [-0.3, -0.25) is 0 Å². The highest BCUT2D eigenvalue weighted by Crippen LogP contribution is 2.10. The van der Waals surface area contributed by atoms with Crippen molar-refractivity contribution in [1.82, 2.24) is 0 Å². The SMILES string of the molecule is C[C@@H](COC(=O)c1ccccc1)C(F)F. The first-order valence-corrected chi connectivity index (χ1v) is 4.61. The van der Waals surface area contributed by atoms with Gasteiger partial charge in [-0.05, 0) is 12.1 Å². The van der Waals surface area contributed by atoms with Crippen LogP contribution in [0.5, 0.6) is 0 Å². The zero-order chi connectivity index (χ0) is 11.3. The summed E-state index contributed by atoms with van der Waals surface area (Å²) in [5.74, 6) is -1.50. The summed E-state index contributed by atoms with van der Waals surface area (Å²) in [6.45, 7) is 1.08. The summed E-state index contributed by atoms with van der Waals surface area (Å²) in [5, 5.41) is 0. The second kappa shape index (κ2) is 5.44. The maximum Gasteiger partial charge on any atom is 0.338 e. The average Bonchev–Trinajstić information content (AvgIpc) is 2.26. The zero-order valence-electron chi connectivity index (χ0n) is 8.32. The number of ether oxygens (including phenoxy) is 1. The van der Waals surface area contributed by atoms with Crippen LogP contribution in [0.15, 0.2) is 30.3 Å². The Bertz CT molecular complexity index is 312. The molecule has 1 aromatic carbocycles. The Labute approximate surface area is 86.9 Å². The number of hydrogen-bond acceptors (Lipinski definition) is 2. The van der Waals surface area contributed by atoms with Gasteiger partial charge in [0, 0.05) is 0 Å². The van der Waals surface area contributed by atoms with E-state index < -0.39 is 18.3 Å². The maximum absolute atomic E-state index is 12.1. The molecule has 0 saturated carbocycles. The molecule has 0 fully saturated rings. The van der Waals surface area contributed by atoms with Crippen molar-refractivity contribution in [2.75, 3.05) is 6.61 Å². The van der Waals surface area contributed by atoms with Gasteiger partial charge in [-0.1, -0.05) is 25.1 Å². The number of rotatable bonds is 4. The Balaban J connectivity index is 2.44. The van der Waals surface area contributed by atoms with Crippen molar-refractivity contribution in [3.63, 3.8) is 0 Å². The molecule has 0 heterocycles. The Kier molecular flexibility index (Phi) is 4.21. The van der Waals surface area contributed by atoms with Gasteiger partial charge in [0.1, 0.15) is 0 Å². The fourth-order valence-electron chi connectivity index (χ4n) is 0.937. The van der Waals surface area contributed by atoms with E-state index in [9.17, 15) is 13.6 Å². The summed E-state index contributed by atoms with van der Waals surface area (Å²) >= 11 is 0. The summed E-state index contributed by atoms with van der Waals surface area (Å²) in [6, 6.07) is 8.30. The first-order valence-electron chi connectivity index (χ1n) is 4.61. The third-order valence-electron chi connectivity index (χ3n) is 1.92. The van der Waals surface area contributed by atoms with Crippen molar-refractivity contribution < 1.29 is 18.3 Å². The molecule has 0 aliphatic rings. The summed E-state index contributed by atoms with van der Waals surface area (Å²) < 4.78 is 28.9. The predicted octanol–water partition coefficient (Wildman–Crippen LogP) is 2.74. The van der Waals surface area contributed by atoms with Crippen LogP contribution in [0.1, 0.15) is 17.3 Å². The minimum absolute atomic E-state index is 0.259. The minimum atomic E-state index is -2.46. The number of benzene rings is 1. The molecule has 1 rings (SSSR count). The Morgan fingerprint density at radius 1 is 1.33 bits per heavy atom. The fourth-order valence-corrected chi connectivity index (χ4v) is 0.937. The number of esters is 1. The van der Waals surface area contributed by atoms with E-state index in [4.69, 9.17) is 4.74 Å². The Morgan fingerprint density at radius 3 is 2.47 bits per heavy atom. The molecule has 0 N–H and O–H groups in total. The molecule has 0 spiro atoms. The number of alkyl halides is 2. The van der Waals surface area contributed by atoms with E-state index in [1.807, 2.05) is 0 Å². The van der Waals surface area contributed by atoms with Crippen LogP contribution in [0.25, 0.3) is 0 Å². The number of carbonyl (C=O) groups excluding carboxylic acids is 1. The molecule has 0 aliphatic carbocycles. The normalized spacial score (nSPS) is 12.5. The van der Waals surface area contributed by atoms with E-state index in [1.165, 1.54) is 6.92 Å². The van der Waals surface area contributed by atoms with Gasteiger partial charge >= 0.3 is 5.97 Å². The lowest BCUT2D eigenvalue weighted by atomic mass is 10.2. The highest BCUT2D eigenvalue weighted by atomic mass is 19.3. The highest BCUT2D eigenvalue weighted by molar-refractivity contribution is 5.89.